The number of rotatable bonds is 5. The number of amides is 3. The second-order valence-corrected chi connectivity index (χ2v) is 8.26. The Morgan fingerprint density at radius 2 is 1.63 bits per heavy atom. The molecule has 30 heavy (non-hydrogen) atoms. The van der Waals surface area contributed by atoms with Crippen molar-refractivity contribution in [2.45, 2.75) is 34.1 Å². The summed E-state index contributed by atoms with van der Waals surface area (Å²) in [4.78, 5) is 40.9. The maximum absolute atomic E-state index is 12.9. The van der Waals surface area contributed by atoms with E-state index in [0.29, 0.717) is 6.54 Å². The summed E-state index contributed by atoms with van der Waals surface area (Å²) in [6, 6.07) is 11.7. The Kier molecular flexibility index (Phi) is 6.25. The third-order valence-electron chi connectivity index (χ3n) is 5.52. The summed E-state index contributed by atoms with van der Waals surface area (Å²) in [7, 11) is 1.61. The summed E-state index contributed by atoms with van der Waals surface area (Å²) in [5.74, 6) is -0.952. The summed E-state index contributed by atoms with van der Waals surface area (Å²) in [6.07, 6.45) is 0.162. The van der Waals surface area contributed by atoms with Gasteiger partial charge in [0.1, 0.15) is 0 Å². The first-order valence-electron chi connectivity index (χ1n) is 10.2. The number of carbonyl (C=O) groups excluding carboxylic acids is 3. The SMILES string of the molecule is Cc1ccc(N2CC(C(=O)N(C)CC(=O)Nc3c(C)cc(C)cc3C)CC2=O)cc1. The largest absolute Gasteiger partial charge is 0.336 e. The number of hydrogen-bond acceptors (Lipinski definition) is 3. The average molecular weight is 408 g/mol. The standard InChI is InChI=1S/C24H29N3O3/c1-15-6-8-20(9-7-15)27-13-19(12-22(27)29)24(30)26(5)14-21(28)25-23-17(3)10-16(2)11-18(23)4/h6-11,19H,12-14H2,1-5H3,(H,25,28). The van der Waals surface area contributed by atoms with E-state index in [2.05, 4.69) is 5.32 Å². The molecule has 1 N–H and O–H groups in total. The molecule has 2 aromatic carbocycles. The molecule has 0 radical (unpaired) electrons. The van der Waals surface area contributed by atoms with Gasteiger partial charge in [0.05, 0.1) is 12.5 Å². The minimum atomic E-state index is -0.445. The summed E-state index contributed by atoms with van der Waals surface area (Å²) in [6.45, 7) is 8.19. The Morgan fingerprint density at radius 1 is 1.03 bits per heavy atom. The smallest absolute Gasteiger partial charge is 0.243 e. The lowest BCUT2D eigenvalue weighted by molar-refractivity contribution is -0.137. The van der Waals surface area contributed by atoms with Crippen molar-refractivity contribution in [3.63, 3.8) is 0 Å². The number of hydrogen-bond donors (Lipinski definition) is 1. The number of benzene rings is 2. The number of aryl methyl sites for hydroxylation is 4. The van der Waals surface area contributed by atoms with Gasteiger partial charge in [0, 0.05) is 31.4 Å². The molecule has 1 fully saturated rings. The monoisotopic (exact) mass is 407 g/mol. The molecule has 0 aromatic heterocycles. The Bertz CT molecular complexity index is 959. The van der Waals surface area contributed by atoms with E-state index < -0.39 is 5.92 Å². The normalized spacial score (nSPS) is 16.0. The van der Waals surface area contributed by atoms with Crippen molar-refractivity contribution in [2.24, 2.45) is 5.92 Å². The minimum Gasteiger partial charge on any atom is -0.336 e. The first kappa shape index (κ1) is 21.6. The van der Waals surface area contributed by atoms with Crippen LogP contribution in [-0.4, -0.2) is 42.8 Å². The Labute approximate surface area is 177 Å². The lowest BCUT2D eigenvalue weighted by atomic mass is 10.0. The van der Waals surface area contributed by atoms with Gasteiger partial charge in [0.2, 0.25) is 17.7 Å². The van der Waals surface area contributed by atoms with Crippen LogP contribution in [0.2, 0.25) is 0 Å². The molecular formula is C24H29N3O3. The molecule has 1 unspecified atom stereocenters. The Morgan fingerprint density at radius 3 is 2.23 bits per heavy atom. The van der Waals surface area contributed by atoms with Crippen molar-refractivity contribution in [1.29, 1.82) is 0 Å². The summed E-state index contributed by atoms with van der Waals surface area (Å²) in [5, 5.41) is 2.92. The maximum Gasteiger partial charge on any atom is 0.243 e. The molecule has 1 aliphatic heterocycles. The molecule has 6 heteroatoms. The van der Waals surface area contributed by atoms with Crippen LogP contribution < -0.4 is 10.2 Å². The van der Waals surface area contributed by atoms with E-state index in [-0.39, 0.29) is 30.7 Å². The zero-order chi connectivity index (χ0) is 22.0. The molecule has 158 valence electrons. The van der Waals surface area contributed by atoms with Gasteiger partial charge in [-0.15, -0.1) is 0 Å². The van der Waals surface area contributed by atoms with Crippen molar-refractivity contribution < 1.29 is 14.4 Å². The first-order chi connectivity index (χ1) is 14.2. The number of anilines is 2. The molecule has 0 saturated carbocycles. The summed E-state index contributed by atoms with van der Waals surface area (Å²) in [5.41, 5.74) is 5.82. The van der Waals surface area contributed by atoms with Gasteiger partial charge in [-0.25, -0.2) is 0 Å². The molecule has 2 aromatic rings. The highest BCUT2D eigenvalue weighted by Gasteiger charge is 2.36. The number of nitrogens with one attached hydrogen (secondary N) is 1. The minimum absolute atomic E-state index is 0.0548. The van der Waals surface area contributed by atoms with Crippen LogP contribution in [0.1, 0.15) is 28.7 Å². The zero-order valence-corrected chi connectivity index (χ0v) is 18.3. The van der Waals surface area contributed by atoms with Gasteiger partial charge >= 0.3 is 0 Å². The molecular weight excluding hydrogens is 378 g/mol. The van der Waals surface area contributed by atoms with Crippen molar-refractivity contribution in [3.8, 4) is 0 Å². The summed E-state index contributed by atoms with van der Waals surface area (Å²) >= 11 is 0. The van der Waals surface area contributed by atoms with E-state index in [9.17, 15) is 14.4 Å². The van der Waals surface area contributed by atoms with Crippen LogP contribution >= 0.6 is 0 Å². The molecule has 1 aliphatic rings. The molecule has 1 heterocycles. The molecule has 0 aliphatic carbocycles. The summed E-state index contributed by atoms with van der Waals surface area (Å²) < 4.78 is 0. The van der Waals surface area contributed by atoms with E-state index in [1.165, 1.54) is 4.90 Å². The zero-order valence-electron chi connectivity index (χ0n) is 18.3. The molecule has 1 saturated heterocycles. The van der Waals surface area contributed by atoms with Gasteiger partial charge in [-0.05, 0) is 51.0 Å². The fourth-order valence-corrected chi connectivity index (χ4v) is 4.01. The fourth-order valence-electron chi connectivity index (χ4n) is 4.01. The maximum atomic E-state index is 12.9. The van der Waals surface area contributed by atoms with Crippen molar-refractivity contribution in [1.82, 2.24) is 4.90 Å². The first-order valence-corrected chi connectivity index (χ1v) is 10.2. The van der Waals surface area contributed by atoms with Crippen LogP contribution in [0.25, 0.3) is 0 Å². The molecule has 6 nitrogen and oxygen atoms in total. The van der Waals surface area contributed by atoms with Gasteiger partial charge in [0.25, 0.3) is 0 Å². The van der Waals surface area contributed by atoms with E-state index in [1.54, 1.807) is 11.9 Å². The topological polar surface area (TPSA) is 69.7 Å². The highest BCUT2D eigenvalue weighted by Crippen LogP contribution is 2.26. The lowest BCUT2D eigenvalue weighted by Gasteiger charge is -2.22. The van der Waals surface area contributed by atoms with Crippen LogP contribution in [0.4, 0.5) is 11.4 Å². The molecule has 3 rings (SSSR count). The van der Waals surface area contributed by atoms with Crippen LogP contribution in [0.5, 0.6) is 0 Å². The Balaban J connectivity index is 1.61. The third-order valence-corrected chi connectivity index (χ3v) is 5.52. The number of likely N-dealkylation sites (N-methyl/N-ethyl adjacent to an activating group) is 1. The second-order valence-electron chi connectivity index (χ2n) is 8.26. The van der Waals surface area contributed by atoms with Crippen molar-refractivity contribution >= 4 is 29.1 Å². The highest BCUT2D eigenvalue weighted by molar-refractivity contribution is 6.01. The van der Waals surface area contributed by atoms with Crippen LogP contribution in [0, 0.1) is 33.6 Å². The number of carbonyl (C=O) groups is 3. The van der Waals surface area contributed by atoms with E-state index in [4.69, 9.17) is 0 Å². The van der Waals surface area contributed by atoms with E-state index in [1.807, 2.05) is 64.1 Å². The molecule has 3 amide bonds. The Hall–Kier alpha value is -3.15. The van der Waals surface area contributed by atoms with E-state index in [0.717, 1.165) is 33.6 Å². The molecule has 0 spiro atoms. The van der Waals surface area contributed by atoms with Crippen LogP contribution in [0.15, 0.2) is 36.4 Å². The quantitative estimate of drug-likeness (QED) is 0.826. The number of nitrogens with zero attached hydrogens (tertiary/aromatic N) is 2. The van der Waals surface area contributed by atoms with E-state index >= 15 is 0 Å². The van der Waals surface area contributed by atoms with Gasteiger partial charge in [-0.1, -0.05) is 35.4 Å². The van der Waals surface area contributed by atoms with Crippen molar-refractivity contribution in [2.75, 3.05) is 30.4 Å². The van der Waals surface area contributed by atoms with Gasteiger partial charge in [0.15, 0.2) is 0 Å². The van der Waals surface area contributed by atoms with Gasteiger partial charge in [-0.2, -0.15) is 0 Å². The predicted octanol–water partition coefficient (Wildman–Crippen LogP) is 3.37. The lowest BCUT2D eigenvalue weighted by Crippen LogP contribution is -2.39. The molecule has 1 atom stereocenters. The van der Waals surface area contributed by atoms with Crippen LogP contribution in [0.3, 0.4) is 0 Å². The highest BCUT2D eigenvalue weighted by atomic mass is 16.2. The van der Waals surface area contributed by atoms with Gasteiger partial charge < -0.3 is 15.1 Å². The second kappa shape index (κ2) is 8.69. The predicted molar refractivity (Wildman–Crippen MR) is 119 cm³/mol. The fraction of sp³-hybridized carbons (Fsp3) is 0.375. The average Bonchev–Trinajstić information content (AvgIpc) is 3.06. The third kappa shape index (κ3) is 4.70. The van der Waals surface area contributed by atoms with Gasteiger partial charge in [-0.3, -0.25) is 14.4 Å². The van der Waals surface area contributed by atoms with Crippen molar-refractivity contribution in [3.05, 3.63) is 58.7 Å². The van der Waals surface area contributed by atoms with Crippen LogP contribution in [-0.2, 0) is 14.4 Å². The molecule has 0 bridgehead atoms.